The fourth-order valence-electron chi connectivity index (χ4n) is 5.05. The Bertz CT molecular complexity index is 1780. The second kappa shape index (κ2) is 12.0. The summed E-state index contributed by atoms with van der Waals surface area (Å²) >= 11 is 1.27. The number of ether oxygens (including phenoxy) is 1. The van der Waals surface area contributed by atoms with E-state index in [0.717, 1.165) is 64.2 Å². The molecule has 2 heterocycles. The third-order valence-electron chi connectivity index (χ3n) is 7.35. The number of nitrogens with two attached hydrogens (primary N) is 1. The molecule has 1 atom stereocenters. The van der Waals surface area contributed by atoms with E-state index in [4.69, 9.17) is 15.0 Å². The number of hydrogen-bond donors (Lipinski definition) is 2. The summed E-state index contributed by atoms with van der Waals surface area (Å²) in [7, 11) is -1.56. The molecular formula is C32H30N4O4S2. The van der Waals surface area contributed by atoms with Gasteiger partial charge in [-0.15, -0.1) is 11.3 Å². The number of rotatable bonds is 11. The molecule has 42 heavy (non-hydrogen) atoms. The first-order chi connectivity index (χ1) is 20.4. The van der Waals surface area contributed by atoms with Crippen LogP contribution in [0.4, 0.5) is 0 Å². The fraction of sp³-hybridized carbons (Fsp3) is 0.219. The zero-order valence-corrected chi connectivity index (χ0v) is 24.7. The van der Waals surface area contributed by atoms with Gasteiger partial charge in [0.1, 0.15) is 23.3 Å². The first-order valence-corrected chi connectivity index (χ1v) is 15.8. The third kappa shape index (κ3) is 6.20. The molecular weight excluding hydrogens is 569 g/mol. The van der Waals surface area contributed by atoms with E-state index < -0.39 is 17.0 Å². The van der Waals surface area contributed by atoms with Crippen LogP contribution in [0.2, 0.25) is 0 Å². The first-order valence-electron chi connectivity index (χ1n) is 13.7. The van der Waals surface area contributed by atoms with Gasteiger partial charge in [0, 0.05) is 22.9 Å². The molecule has 0 aliphatic heterocycles. The summed E-state index contributed by atoms with van der Waals surface area (Å²) < 4.78 is 19.9. The molecule has 3 N–H and O–H groups in total. The van der Waals surface area contributed by atoms with Crippen LogP contribution in [0, 0.1) is 12.8 Å². The number of hydrogen-bond acceptors (Lipinski definition) is 6. The van der Waals surface area contributed by atoms with Gasteiger partial charge in [-0.2, -0.15) is 5.10 Å². The van der Waals surface area contributed by atoms with Crippen LogP contribution >= 0.6 is 11.3 Å². The van der Waals surface area contributed by atoms with Crippen molar-refractivity contribution in [3.63, 3.8) is 0 Å². The standard InChI is InChI=1S/C32H30N4O4S2/c1-20-14-23(12-13-29(20)42(33)39)15-26-28(16-21-10-11-21)36(32-34-27(19-41-32)31(37)38)35-30(26)24-8-5-9-25(17-24)40-18-22-6-3-2-4-7-22/h2-9,12-14,17,19,21H,10-11,15-16,18,33H2,1H3,(H,37,38). The van der Waals surface area contributed by atoms with E-state index in [-0.39, 0.29) is 5.69 Å². The molecule has 0 radical (unpaired) electrons. The summed E-state index contributed by atoms with van der Waals surface area (Å²) in [5.41, 5.74) is 6.77. The maximum Gasteiger partial charge on any atom is 0.355 e. The number of benzene rings is 3. The van der Waals surface area contributed by atoms with Crippen LogP contribution in [-0.4, -0.2) is 30.0 Å². The van der Waals surface area contributed by atoms with Gasteiger partial charge in [-0.05, 0) is 67.0 Å². The number of aromatic nitrogens is 3. The predicted octanol–water partition coefficient (Wildman–Crippen LogP) is 6.11. The molecule has 1 unspecified atom stereocenters. The smallest absolute Gasteiger partial charge is 0.355 e. The molecule has 6 rings (SSSR count). The average Bonchev–Trinajstić information content (AvgIpc) is 3.54. The van der Waals surface area contributed by atoms with Crippen molar-refractivity contribution in [2.75, 3.05) is 0 Å². The van der Waals surface area contributed by atoms with Gasteiger partial charge in [0.05, 0.1) is 16.3 Å². The van der Waals surface area contributed by atoms with Gasteiger partial charge < -0.3 is 9.84 Å². The zero-order valence-electron chi connectivity index (χ0n) is 23.0. The van der Waals surface area contributed by atoms with E-state index in [0.29, 0.717) is 29.0 Å². The van der Waals surface area contributed by atoms with Gasteiger partial charge in [0.25, 0.3) is 0 Å². The number of nitrogens with zero attached hydrogens (tertiary/aromatic N) is 3. The van der Waals surface area contributed by atoms with E-state index in [2.05, 4.69) is 4.98 Å². The Labute approximate surface area is 250 Å². The van der Waals surface area contributed by atoms with Crippen molar-refractivity contribution in [2.45, 2.75) is 44.1 Å². The number of aromatic carboxylic acids is 1. The van der Waals surface area contributed by atoms with E-state index >= 15 is 0 Å². The molecule has 0 bridgehead atoms. The van der Waals surface area contributed by atoms with E-state index in [1.807, 2.05) is 84.4 Å². The van der Waals surface area contributed by atoms with Crippen molar-refractivity contribution >= 4 is 28.3 Å². The Morgan fingerprint density at radius 1 is 1.10 bits per heavy atom. The van der Waals surface area contributed by atoms with Crippen molar-refractivity contribution in [3.8, 4) is 22.1 Å². The predicted molar refractivity (Wildman–Crippen MR) is 163 cm³/mol. The Morgan fingerprint density at radius 3 is 2.60 bits per heavy atom. The third-order valence-corrected chi connectivity index (χ3v) is 9.06. The minimum Gasteiger partial charge on any atom is -0.489 e. The van der Waals surface area contributed by atoms with Crippen molar-refractivity contribution < 1.29 is 18.8 Å². The largest absolute Gasteiger partial charge is 0.489 e. The van der Waals surface area contributed by atoms with Crippen LogP contribution in [0.5, 0.6) is 5.75 Å². The summed E-state index contributed by atoms with van der Waals surface area (Å²) in [4.78, 5) is 16.6. The van der Waals surface area contributed by atoms with Crippen molar-refractivity contribution in [3.05, 3.63) is 112 Å². The van der Waals surface area contributed by atoms with Crippen LogP contribution in [0.3, 0.4) is 0 Å². The highest BCUT2D eigenvalue weighted by atomic mass is 32.2. The monoisotopic (exact) mass is 598 g/mol. The topological polar surface area (TPSA) is 120 Å². The number of carbonyl (C=O) groups is 1. The molecule has 1 saturated carbocycles. The van der Waals surface area contributed by atoms with Gasteiger partial charge in [-0.1, -0.05) is 54.6 Å². The van der Waals surface area contributed by atoms with Crippen molar-refractivity contribution in [1.82, 2.24) is 14.8 Å². The molecule has 1 fully saturated rings. The molecule has 3 aromatic carbocycles. The molecule has 5 aromatic rings. The van der Waals surface area contributed by atoms with Gasteiger partial charge in [-0.25, -0.2) is 23.8 Å². The fourth-order valence-corrected chi connectivity index (χ4v) is 6.40. The van der Waals surface area contributed by atoms with Crippen molar-refractivity contribution in [2.24, 2.45) is 11.1 Å². The lowest BCUT2D eigenvalue weighted by Gasteiger charge is -2.11. The van der Waals surface area contributed by atoms with Gasteiger partial charge in [-0.3, -0.25) is 0 Å². The molecule has 10 heteroatoms. The Kier molecular flexibility index (Phi) is 8.01. The normalized spacial score (nSPS) is 13.7. The lowest BCUT2D eigenvalue weighted by molar-refractivity contribution is 0.0691. The highest BCUT2D eigenvalue weighted by Crippen LogP contribution is 2.38. The maximum atomic E-state index is 12.0. The summed E-state index contributed by atoms with van der Waals surface area (Å²) in [6, 6.07) is 23.7. The van der Waals surface area contributed by atoms with E-state index in [1.54, 1.807) is 5.38 Å². The molecule has 1 aliphatic rings. The summed E-state index contributed by atoms with van der Waals surface area (Å²) in [5, 5.41) is 22.3. The lowest BCUT2D eigenvalue weighted by atomic mass is 9.96. The van der Waals surface area contributed by atoms with E-state index in [1.165, 1.54) is 11.3 Å². The summed E-state index contributed by atoms with van der Waals surface area (Å²) in [5.74, 6) is 0.217. The van der Waals surface area contributed by atoms with Crippen LogP contribution in [0.1, 0.15) is 51.3 Å². The molecule has 2 aromatic heterocycles. The van der Waals surface area contributed by atoms with Gasteiger partial charge in [0.2, 0.25) is 5.13 Å². The van der Waals surface area contributed by atoms with Crippen LogP contribution in [-0.2, 0) is 30.4 Å². The average molecular weight is 599 g/mol. The second-order valence-electron chi connectivity index (χ2n) is 10.5. The van der Waals surface area contributed by atoms with Gasteiger partial charge in [0.15, 0.2) is 5.69 Å². The maximum absolute atomic E-state index is 12.0. The van der Waals surface area contributed by atoms with E-state index in [9.17, 15) is 14.1 Å². The minimum absolute atomic E-state index is 0.00304. The summed E-state index contributed by atoms with van der Waals surface area (Å²) in [6.07, 6.45) is 3.70. The van der Waals surface area contributed by atoms with Crippen LogP contribution in [0.15, 0.2) is 83.1 Å². The molecule has 214 valence electrons. The number of aryl methyl sites for hydroxylation is 1. The minimum atomic E-state index is -1.56. The number of thiazole rings is 1. The second-order valence-corrected chi connectivity index (χ2v) is 12.4. The van der Waals surface area contributed by atoms with Crippen LogP contribution in [0.25, 0.3) is 16.4 Å². The van der Waals surface area contributed by atoms with Crippen LogP contribution < -0.4 is 9.88 Å². The lowest BCUT2D eigenvalue weighted by Crippen LogP contribution is -2.07. The van der Waals surface area contributed by atoms with Gasteiger partial charge >= 0.3 is 5.97 Å². The first kappa shape index (κ1) is 28.0. The molecule has 0 spiro atoms. The summed E-state index contributed by atoms with van der Waals surface area (Å²) in [6.45, 7) is 2.36. The quantitative estimate of drug-likeness (QED) is 0.189. The number of carboxylic acids is 1. The SMILES string of the molecule is Cc1cc(Cc2c(-c3cccc(OCc4ccccc4)c3)nn(-c3nc(C(=O)O)cs3)c2CC2CC2)ccc1S(N)=O. The molecule has 0 amide bonds. The Balaban J connectivity index is 1.44. The zero-order chi connectivity index (χ0) is 29.2. The number of carboxylic acid groups (broad SMARTS) is 1. The Hall–Kier alpha value is -4.12. The molecule has 0 saturated heterocycles. The molecule has 8 nitrogen and oxygen atoms in total. The highest BCUT2D eigenvalue weighted by molar-refractivity contribution is 7.82. The molecule has 1 aliphatic carbocycles. The highest BCUT2D eigenvalue weighted by Gasteiger charge is 2.29. The Morgan fingerprint density at radius 2 is 1.90 bits per heavy atom. The van der Waals surface area contributed by atoms with Crippen molar-refractivity contribution in [1.29, 1.82) is 0 Å².